The average Bonchev–Trinajstić information content (AvgIpc) is 2.26. The third-order valence-corrected chi connectivity index (χ3v) is 2.22. The first kappa shape index (κ1) is 9.58. The van der Waals surface area contributed by atoms with Crippen LogP contribution in [-0.4, -0.2) is 19.2 Å². The molecule has 0 aliphatic carbocycles. The van der Waals surface area contributed by atoms with E-state index in [0.29, 0.717) is 5.82 Å². The van der Waals surface area contributed by atoms with E-state index in [2.05, 4.69) is 4.98 Å². The fourth-order valence-electron chi connectivity index (χ4n) is 1.49. The Bertz CT molecular complexity index is 497. The number of aromatic nitrogens is 1. The Hall–Kier alpha value is -1.97. The highest BCUT2D eigenvalue weighted by Gasteiger charge is 2.05. The molecule has 0 aliphatic heterocycles. The van der Waals surface area contributed by atoms with Crippen LogP contribution in [-0.2, 0) is 0 Å². The van der Waals surface area contributed by atoms with Crippen LogP contribution in [0.15, 0.2) is 24.3 Å². The van der Waals surface area contributed by atoms with Gasteiger partial charge >= 0.3 is 0 Å². The minimum Gasteiger partial charge on any atom is -0.497 e. The van der Waals surface area contributed by atoms with Crippen LogP contribution in [0.25, 0.3) is 10.9 Å². The predicted octanol–water partition coefficient (Wildman–Crippen LogP) is 1.83. The van der Waals surface area contributed by atoms with E-state index in [1.165, 1.54) is 0 Å². The van der Waals surface area contributed by atoms with E-state index in [-0.39, 0.29) is 0 Å². The van der Waals surface area contributed by atoms with Gasteiger partial charge in [-0.3, -0.25) is 0 Å². The van der Waals surface area contributed by atoms with Gasteiger partial charge in [0, 0.05) is 17.5 Å². The van der Waals surface area contributed by atoms with Crippen LogP contribution in [0.4, 0.5) is 5.82 Å². The maximum absolute atomic E-state index is 5.66. The van der Waals surface area contributed by atoms with Gasteiger partial charge in [0.15, 0.2) is 0 Å². The lowest BCUT2D eigenvalue weighted by molar-refractivity contribution is 0.414. The van der Waals surface area contributed by atoms with Crippen molar-refractivity contribution >= 4 is 16.7 Å². The number of nitrogens with zero attached hydrogens (tertiary/aromatic N) is 1. The molecule has 0 radical (unpaired) electrons. The zero-order valence-corrected chi connectivity index (χ0v) is 8.65. The molecule has 0 saturated heterocycles. The molecule has 1 aromatic heterocycles. The number of benzene rings is 1. The van der Waals surface area contributed by atoms with Gasteiger partial charge in [-0.25, -0.2) is 4.98 Å². The van der Waals surface area contributed by atoms with E-state index in [1.54, 1.807) is 20.3 Å². The van der Waals surface area contributed by atoms with E-state index in [0.717, 1.165) is 22.4 Å². The number of rotatable bonds is 2. The molecule has 0 amide bonds. The fraction of sp³-hybridized carbons (Fsp3) is 0.182. The summed E-state index contributed by atoms with van der Waals surface area (Å²) in [6.45, 7) is 0. The Kier molecular flexibility index (Phi) is 2.33. The molecule has 0 unspecified atom stereocenters. The maximum Gasteiger partial charge on any atom is 0.131 e. The number of fused-ring (bicyclic) bond motifs is 1. The van der Waals surface area contributed by atoms with E-state index < -0.39 is 0 Å². The maximum atomic E-state index is 5.66. The van der Waals surface area contributed by atoms with E-state index in [9.17, 15) is 0 Å². The van der Waals surface area contributed by atoms with Crippen LogP contribution in [0.1, 0.15) is 0 Å². The van der Waals surface area contributed by atoms with Crippen LogP contribution < -0.4 is 15.2 Å². The average molecular weight is 204 g/mol. The largest absolute Gasteiger partial charge is 0.497 e. The van der Waals surface area contributed by atoms with Crippen LogP contribution >= 0.6 is 0 Å². The number of hydrogen-bond acceptors (Lipinski definition) is 4. The lowest BCUT2D eigenvalue weighted by Crippen LogP contribution is -1.94. The van der Waals surface area contributed by atoms with Crippen LogP contribution in [0, 0.1) is 0 Å². The van der Waals surface area contributed by atoms with Crippen molar-refractivity contribution in [2.24, 2.45) is 0 Å². The molecule has 0 fully saturated rings. The number of nitrogen functional groups attached to an aromatic ring is 1. The quantitative estimate of drug-likeness (QED) is 0.810. The molecule has 4 nitrogen and oxygen atoms in total. The fourth-order valence-corrected chi connectivity index (χ4v) is 1.49. The van der Waals surface area contributed by atoms with Crippen molar-refractivity contribution in [2.75, 3.05) is 20.0 Å². The standard InChI is InChI=1S/C11H12N2O2/c1-14-7-3-4-8-9(5-7)13-11(12)6-10(8)15-2/h3-6H,1-2H3,(H2,12,13). The second kappa shape index (κ2) is 3.65. The first-order valence-corrected chi connectivity index (χ1v) is 4.53. The zero-order valence-electron chi connectivity index (χ0n) is 8.65. The third kappa shape index (κ3) is 1.66. The van der Waals surface area contributed by atoms with Crippen molar-refractivity contribution in [3.8, 4) is 11.5 Å². The molecule has 2 rings (SSSR count). The van der Waals surface area contributed by atoms with Crippen molar-refractivity contribution in [1.29, 1.82) is 0 Å². The lowest BCUT2D eigenvalue weighted by Gasteiger charge is -2.07. The third-order valence-electron chi connectivity index (χ3n) is 2.22. The molecule has 0 atom stereocenters. The summed E-state index contributed by atoms with van der Waals surface area (Å²) in [6, 6.07) is 7.30. The highest BCUT2D eigenvalue weighted by molar-refractivity contribution is 5.87. The normalized spacial score (nSPS) is 10.3. The monoisotopic (exact) mass is 204 g/mol. The van der Waals surface area contributed by atoms with Gasteiger partial charge in [-0.15, -0.1) is 0 Å². The summed E-state index contributed by atoms with van der Waals surface area (Å²) in [6.07, 6.45) is 0. The summed E-state index contributed by atoms with van der Waals surface area (Å²) in [5, 5.41) is 0.924. The molecule has 1 aromatic carbocycles. The molecule has 2 aromatic rings. The molecule has 2 N–H and O–H groups in total. The highest BCUT2D eigenvalue weighted by Crippen LogP contribution is 2.28. The summed E-state index contributed by atoms with van der Waals surface area (Å²) < 4.78 is 10.3. The Labute approximate surface area is 87.6 Å². The van der Waals surface area contributed by atoms with Gasteiger partial charge in [0.1, 0.15) is 17.3 Å². The molecule has 15 heavy (non-hydrogen) atoms. The van der Waals surface area contributed by atoms with Gasteiger partial charge in [0.05, 0.1) is 19.7 Å². The van der Waals surface area contributed by atoms with Crippen molar-refractivity contribution < 1.29 is 9.47 Å². The summed E-state index contributed by atoms with van der Waals surface area (Å²) >= 11 is 0. The van der Waals surface area contributed by atoms with Crippen LogP contribution in [0.5, 0.6) is 11.5 Å². The molecule has 4 heteroatoms. The SMILES string of the molecule is COc1ccc2c(OC)cc(N)nc2c1. The predicted molar refractivity (Wildman–Crippen MR) is 59.3 cm³/mol. The van der Waals surface area contributed by atoms with Crippen molar-refractivity contribution in [1.82, 2.24) is 4.98 Å². The van der Waals surface area contributed by atoms with Gasteiger partial charge in [-0.05, 0) is 12.1 Å². The van der Waals surface area contributed by atoms with E-state index in [4.69, 9.17) is 15.2 Å². The molecule has 1 heterocycles. The number of ether oxygens (including phenoxy) is 2. The van der Waals surface area contributed by atoms with Gasteiger partial charge in [0.2, 0.25) is 0 Å². The first-order chi connectivity index (χ1) is 7.24. The highest BCUT2D eigenvalue weighted by atomic mass is 16.5. The number of methoxy groups -OCH3 is 2. The summed E-state index contributed by atoms with van der Waals surface area (Å²) in [7, 11) is 3.23. The number of hydrogen-bond donors (Lipinski definition) is 1. The summed E-state index contributed by atoms with van der Waals surface area (Å²) in [5.41, 5.74) is 6.43. The Balaban J connectivity index is 2.72. The van der Waals surface area contributed by atoms with Gasteiger partial charge in [0.25, 0.3) is 0 Å². The molecule has 0 aliphatic rings. The lowest BCUT2D eigenvalue weighted by atomic mass is 10.2. The zero-order chi connectivity index (χ0) is 10.8. The van der Waals surface area contributed by atoms with Crippen molar-refractivity contribution in [3.63, 3.8) is 0 Å². The van der Waals surface area contributed by atoms with E-state index in [1.807, 2.05) is 18.2 Å². The summed E-state index contributed by atoms with van der Waals surface area (Å²) in [4.78, 5) is 4.21. The van der Waals surface area contributed by atoms with Gasteiger partial charge in [-0.2, -0.15) is 0 Å². The number of pyridine rings is 1. The molecule has 0 saturated carbocycles. The first-order valence-electron chi connectivity index (χ1n) is 4.53. The Morgan fingerprint density at radius 3 is 2.60 bits per heavy atom. The Morgan fingerprint density at radius 2 is 1.93 bits per heavy atom. The van der Waals surface area contributed by atoms with Gasteiger partial charge in [-0.1, -0.05) is 0 Å². The van der Waals surface area contributed by atoms with Crippen molar-refractivity contribution in [3.05, 3.63) is 24.3 Å². The smallest absolute Gasteiger partial charge is 0.131 e. The number of nitrogens with two attached hydrogens (primary N) is 1. The molecule has 0 spiro atoms. The second-order valence-corrected chi connectivity index (χ2v) is 3.13. The minimum absolute atomic E-state index is 0.438. The molecule has 78 valence electrons. The molecular weight excluding hydrogens is 192 g/mol. The van der Waals surface area contributed by atoms with Crippen molar-refractivity contribution in [2.45, 2.75) is 0 Å². The Morgan fingerprint density at radius 1 is 1.13 bits per heavy atom. The van der Waals surface area contributed by atoms with E-state index >= 15 is 0 Å². The second-order valence-electron chi connectivity index (χ2n) is 3.13. The molecule has 0 bridgehead atoms. The number of anilines is 1. The molecular formula is C11H12N2O2. The minimum atomic E-state index is 0.438. The topological polar surface area (TPSA) is 57.4 Å². The van der Waals surface area contributed by atoms with Crippen LogP contribution in [0.2, 0.25) is 0 Å². The van der Waals surface area contributed by atoms with Crippen LogP contribution in [0.3, 0.4) is 0 Å². The van der Waals surface area contributed by atoms with Gasteiger partial charge < -0.3 is 15.2 Å². The summed E-state index contributed by atoms with van der Waals surface area (Å²) in [5.74, 6) is 1.91.